The Morgan fingerprint density at radius 3 is 2.06 bits per heavy atom. The van der Waals surface area contributed by atoms with Crippen LogP contribution in [0.4, 0.5) is 0 Å². The molecule has 1 aromatic carbocycles. The largest absolute Gasteiger partial charge is 0.497 e. The smallest absolute Gasteiger partial charge is 0.249 e. The van der Waals surface area contributed by atoms with Gasteiger partial charge in [-0.1, -0.05) is 13.8 Å². The number of ether oxygens (including phenoxy) is 2. The maximum atomic E-state index is 10.9. The fourth-order valence-corrected chi connectivity index (χ4v) is 1.51. The maximum absolute atomic E-state index is 10.9. The van der Waals surface area contributed by atoms with Crippen molar-refractivity contribution in [2.75, 3.05) is 14.2 Å². The van der Waals surface area contributed by atoms with Gasteiger partial charge in [0.25, 0.3) is 0 Å². The zero-order valence-corrected chi connectivity index (χ0v) is 11.0. The molecule has 5 heteroatoms. The molecule has 0 aliphatic carbocycles. The molecule has 0 saturated heterocycles. The predicted octanol–water partition coefficient (Wildman–Crippen LogP) is 2.98. The molecule has 0 fully saturated rings. The lowest BCUT2D eigenvalue weighted by Gasteiger charge is -2.07. The van der Waals surface area contributed by atoms with E-state index in [1.807, 2.05) is 0 Å². The third-order valence-electron chi connectivity index (χ3n) is 2.49. The predicted molar refractivity (Wildman–Crippen MR) is 69.4 cm³/mol. The summed E-state index contributed by atoms with van der Waals surface area (Å²) in [5.74, 6) is 1.05. The number of methoxy groups -OCH3 is 2. The molecular weight excluding hydrogens is 234 g/mol. The van der Waals surface area contributed by atoms with E-state index in [-0.39, 0.29) is 16.5 Å². The van der Waals surface area contributed by atoms with Gasteiger partial charge in [0.05, 0.1) is 19.1 Å². The summed E-state index contributed by atoms with van der Waals surface area (Å²) in [5, 5.41) is 10.9. The average Bonchev–Trinajstić information content (AvgIpc) is 2.34. The Morgan fingerprint density at radius 1 is 1.22 bits per heavy atom. The Hall–Kier alpha value is -2.04. The third-order valence-corrected chi connectivity index (χ3v) is 2.49. The van der Waals surface area contributed by atoms with Gasteiger partial charge in [0.1, 0.15) is 11.5 Å². The molecule has 0 atom stereocenters. The first kappa shape index (κ1) is 14.0. The molecule has 0 aliphatic rings. The van der Waals surface area contributed by atoms with E-state index in [0.29, 0.717) is 17.1 Å². The Labute approximate surface area is 106 Å². The average molecular weight is 251 g/mol. The molecule has 0 bridgehead atoms. The fraction of sp³-hybridized carbons (Fsp3) is 0.385. The van der Waals surface area contributed by atoms with Crippen LogP contribution in [0.3, 0.4) is 0 Å². The van der Waals surface area contributed by atoms with Crippen molar-refractivity contribution in [1.82, 2.24) is 0 Å². The van der Waals surface area contributed by atoms with Crippen LogP contribution in [0.15, 0.2) is 23.9 Å². The highest BCUT2D eigenvalue weighted by atomic mass is 16.6. The van der Waals surface area contributed by atoms with Gasteiger partial charge in [-0.2, -0.15) is 0 Å². The third kappa shape index (κ3) is 3.48. The molecule has 0 aromatic heterocycles. The lowest BCUT2D eigenvalue weighted by Crippen LogP contribution is -2.05. The monoisotopic (exact) mass is 251 g/mol. The van der Waals surface area contributed by atoms with Crippen molar-refractivity contribution in [2.24, 2.45) is 5.92 Å². The van der Waals surface area contributed by atoms with Crippen LogP contribution < -0.4 is 9.47 Å². The zero-order chi connectivity index (χ0) is 13.7. The summed E-state index contributed by atoms with van der Waals surface area (Å²) in [6.45, 7) is 3.57. The number of hydrogen-bond acceptors (Lipinski definition) is 4. The summed E-state index contributed by atoms with van der Waals surface area (Å²) >= 11 is 0. The molecule has 0 amide bonds. The van der Waals surface area contributed by atoms with Crippen LogP contribution in [0.25, 0.3) is 6.08 Å². The minimum atomic E-state index is -0.364. The van der Waals surface area contributed by atoms with E-state index in [0.717, 1.165) is 0 Å². The lowest BCUT2D eigenvalue weighted by molar-refractivity contribution is -0.431. The molecular formula is C13H17NO4. The molecule has 1 aromatic rings. The zero-order valence-electron chi connectivity index (χ0n) is 11.0. The van der Waals surface area contributed by atoms with Gasteiger partial charge >= 0.3 is 0 Å². The molecule has 0 spiro atoms. The molecule has 0 aliphatic heterocycles. The van der Waals surface area contributed by atoms with Gasteiger partial charge in [-0.3, -0.25) is 10.1 Å². The highest BCUT2D eigenvalue weighted by Gasteiger charge is 2.16. The van der Waals surface area contributed by atoms with Crippen molar-refractivity contribution in [3.05, 3.63) is 39.6 Å². The van der Waals surface area contributed by atoms with Crippen molar-refractivity contribution in [3.8, 4) is 11.5 Å². The van der Waals surface area contributed by atoms with Crippen molar-refractivity contribution in [2.45, 2.75) is 13.8 Å². The first-order chi connectivity index (χ1) is 8.47. The SMILES string of the molecule is COc1cc(/C=C(/C(C)C)[N+](=O)[O-])cc(OC)c1. The van der Waals surface area contributed by atoms with Gasteiger partial charge in [0.15, 0.2) is 0 Å². The van der Waals surface area contributed by atoms with Crippen LogP contribution in [0.2, 0.25) is 0 Å². The number of hydrogen-bond donors (Lipinski definition) is 0. The summed E-state index contributed by atoms with van der Waals surface area (Å²) in [5.41, 5.74) is 0.844. The van der Waals surface area contributed by atoms with Gasteiger partial charge in [-0.25, -0.2) is 0 Å². The van der Waals surface area contributed by atoms with Crippen molar-refractivity contribution in [3.63, 3.8) is 0 Å². The Kier molecular flexibility index (Phi) is 4.71. The summed E-state index contributed by atoms with van der Waals surface area (Å²) in [4.78, 5) is 10.6. The first-order valence-electron chi connectivity index (χ1n) is 5.57. The summed E-state index contributed by atoms with van der Waals surface area (Å²) in [7, 11) is 3.08. The van der Waals surface area contributed by atoms with E-state index in [1.165, 1.54) is 6.08 Å². The van der Waals surface area contributed by atoms with Crippen molar-refractivity contribution < 1.29 is 14.4 Å². The van der Waals surface area contributed by atoms with Crippen LogP contribution in [0.5, 0.6) is 11.5 Å². The highest BCUT2D eigenvalue weighted by molar-refractivity contribution is 5.56. The van der Waals surface area contributed by atoms with Crippen LogP contribution >= 0.6 is 0 Å². The molecule has 0 radical (unpaired) electrons. The van der Waals surface area contributed by atoms with Crippen molar-refractivity contribution in [1.29, 1.82) is 0 Å². The van der Waals surface area contributed by atoms with Gasteiger partial charge in [0.2, 0.25) is 5.70 Å². The van der Waals surface area contributed by atoms with E-state index in [1.54, 1.807) is 46.3 Å². The fourth-order valence-electron chi connectivity index (χ4n) is 1.51. The van der Waals surface area contributed by atoms with E-state index in [4.69, 9.17) is 9.47 Å². The second-order valence-corrected chi connectivity index (χ2v) is 4.13. The highest BCUT2D eigenvalue weighted by Crippen LogP contribution is 2.25. The van der Waals surface area contributed by atoms with E-state index >= 15 is 0 Å². The molecule has 0 saturated carbocycles. The first-order valence-corrected chi connectivity index (χ1v) is 5.57. The molecule has 18 heavy (non-hydrogen) atoms. The van der Waals surface area contributed by atoms with E-state index in [9.17, 15) is 10.1 Å². The molecule has 98 valence electrons. The molecule has 0 unspecified atom stereocenters. The van der Waals surface area contributed by atoms with Crippen LogP contribution in [0.1, 0.15) is 19.4 Å². The Morgan fingerprint density at radius 2 is 1.72 bits per heavy atom. The van der Waals surface area contributed by atoms with Gasteiger partial charge in [0, 0.05) is 18.1 Å². The molecule has 5 nitrogen and oxygen atoms in total. The number of nitrogens with zero attached hydrogens (tertiary/aromatic N) is 1. The quantitative estimate of drug-likeness (QED) is 0.596. The van der Waals surface area contributed by atoms with E-state index < -0.39 is 0 Å². The lowest BCUT2D eigenvalue weighted by atomic mass is 10.1. The number of rotatable bonds is 5. The van der Waals surface area contributed by atoms with E-state index in [2.05, 4.69) is 0 Å². The topological polar surface area (TPSA) is 61.6 Å². The number of benzene rings is 1. The van der Waals surface area contributed by atoms with Gasteiger partial charge in [-0.15, -0.1) is 0 Å². The summed E-state index contributed by atoms with van der Waals surface area (Å²) in [6.07, 6.45) is 1.54. The Balaban J connectivity index is 3.23. The molecule has 0 heterocycles. The maximum Gasteiger partial charge on any atom is 0.249 e. The van der Waals surface area contributed by atoms with Crippen LogP contribution in [0, 0.1) is 16.0 Å². The number of nitro groups is 1. The normalized spacial score (nSPS) is 11.5. The standard InChI is InChI=1S/C13H17NO4/c1-9(2)13(14(15)16)7-10-5-11(17-3)8-12(6-10)18-4/h5-9H,1-4H3/b13-7-. The second kappa shape index (κ2) is 6.05. The molecule has 1 rings (SSSR count). The molecule has 0 N–H and O–H groups in total. The second-order valence-electron chi connectivity index (χ2n) is 4.13. The van der Waals surface area contributed by atoms with Gasteiger partial charge < -0.3 is 9.47 Å². The van der Waals surface area contributed by atoms with Crippen LogP contribution in [-0.2, 0) is 0 Å². The van der Waals surface area contributed by atoms with Crippen molar-refractivity contribution >= 4 is 6.08 Å². The minimum Gasteiger partial charge on any atom is -0.497 e. The van der Waals surface area contributed by atoms with Gasteiger partial charge in [-0.05, 0) is 17.7 Å². The Bertz CT molecular complexity index is 444. The summed E-state index contributed by atoms with van der Waals surface area (Å²) < 4.78 is 10.2. The minimum absolute atomic E-state index is 0.155. The number of allylic oxidation sites excluding steroid dienone is 1. The summed E-state index contributed by atoms with van der Waals surface area (Å²) in [6, 6.07) is 5.18. The van der Waals surface area contributed by atoms with Crippen LogP contribution in [-0.4, -0.2) is 19.1 Å².